The zero-order chi connectivity index (χ0) is 10.9. The van der Waals surface area contributed by atoms with Gasteiger partial charge in [-0.25, -0.2) is 0 Å². The molecule has 1 aromatic carbocycles. The van der Waals surface area contributed by atoms with E-state index in [1.807, 2.05) is 0 Å². The van der Waals surface area contributed by atoms with Gasteiger partial charge in [-0.2, -0.15) is 0 Å². The highest BCUT2D eigenvalue weighted by Crippen LogP contribution is 2.62. The van der Waals surface area contributed by atoms with Crippen LogP contribution < -0.4 is 0 Å². The van der Waals surface area contributed by atoms with E-state index in [4.69, 9.17) is 0 Å². The van der Waals surface area contributed by atoms with Gasteiger partial charge in [-0.3, -0.25) is 4.79 Å². The molecular weight excluding hydrogens is 196 g/mol. The molecule has 4 rings (SSSR count). The fourth-order valence-corrected chi connectivity index (χ4v) is 4.32. The van der Waals surface area contributed by atoms with Crippen molar-refractivity contribution >= 4 is 5.78 Å². The lowest BCUT2D eigenvalue weighted by atomic mass is 9.45. The number of ketones is 1. The number of fused-ring (bicyclic) bond motifs is 4. The van der Waals surface area contributed by atoms with E-state index in [1.54, 1.807) is 0 Å². The Balaban J connectivity index is 2.01. The highest BCUT2D eigenvalue weighted by molar-refractivity contribution is 5.96. The molecule has 3 aliphatic carbocycles. The second-order valence-electron chi connectivity index (χ2n) is 5.95. The van der Waals surface area contributed by atoms with Crippen LogP contribution in [0, 0.1) is 11.8 Å². The molecular formula is C15H16O. The van der Waals surface area contributed by atoms with Gasteiger partial charge in [0.1, 0.15) is 5.78 Å². The number of hydrogen-bond donors (Lipinski definition) is 0. The van der Waals surface area contributed by atoms with Crippen molar-refractivity contribution in [2.75, 3.05) is 0 Å². The monoisotopic (exact) mass is 212 g/mol. The van der Waals surface area contributed by atoms with Crippen LogP contribution in [-0.4, -0.2) is 5.78 Å². The minimum absolute atomic E-state index is 0.158. The van der Waals surface area contributed by atoms with E-state index in [0.717, 1.165) is 6.42 Å². The SMILES string of the molecule is CC12CCC3CC(c4ccccc41)C3C2=O. The molecule has 0 heterocycles. The van der Waals surface area contributed by atoms with Crippen LogP contribution in [0.1, 0.15) is 43.2 Å². The number of Topliss-reactive ketones (excluding diaryl/α,β-unsaturated/α-hetero) is 1. The van der Waals surface area contributed by atoms with E-state index in [-0.39, 0.29) is 5.41 Å². The molecule has 2 saturated carbocycles. The van der Waals surface area contributed by atoms with Crippen molar-refractivity contribution in [1.29, 1.82) is 0 Å². The minimum Gasteiger partial charge on any atom is -0.298 e. The van der Waals surface area contributed by atoms with Crippen molar-refractivity contribution in [3.8, 4) is 0 Å². The van der Waals surface area contributed by atoms with Crippen molar-refractivity contribution < 1.29 is 4.79 Å². The molecule has 0 N–H and O–H groups in total. The molecule has 0 radical (unpaired) electrons. The first kappa shape index (κ1) is 8.98. The summed E-state index contributed by atoms with van der Waals surface area (Å²) in [5.74, 6) is 2.17. The molecule has 0 aliphatic heterocycles. The van der Waals surface area contributed by atoms with Gasteiger partial charge in [-0.15, -0.1) is 0 Å². The van der Waals surface area contributed by atoms with Crippen LogP contribution in [0.5, 0.6) is 0 Å². The van der Waals surface area contributed by atoms with Crippen LogP contribution in [-0.2, 0) is 10.2 Å². The summed E-state index contributed by atoms with van der Waals surface area (Å²) in [6, 6.07) is 8.64. The van der Waals surface area contributed by atoms with Gasteiger partial charge in [0, 0.05) is 5.92 Å². The van der Waals surface area contributed by atoms with Gasteiger partial charge in [-0.1, -0.05) is 24.3 Å². The van der Waals surface area contributed by atoms with Gasteiger partial charge in [0.05, 0.1) is 5.41 Å². The summed E-state index contributed by atoms with van der Waals surface area (Å²) in [7, 11) is 0. The Morgan fingerprint density at radius 1 is 1.31 bits per heavy atom. The third kappa shape index (κ3) is 0.795. The molecule has 2 fully saturated rings. The molecule has 0 amide bonds. The van der Waals surface area contributed by atoms with Crippen LogP contribution >= 0.6 is 0 Å². The van der Waals surface area contributed by atoms with Gasteiger partial charge in [0.2, 0.25) is 0 Å². The fraction of sp³-hybridized carbons (Fsp3) is 0.533. The van der Waals surface area contributed by atoms with Crippen molar-refractivity contribution in [1.82, 2.24) is 0 Å². The molecule has 4 unspecified atom stereocenters. The largest absolute Gasteiger partial charge is 0.298 e. The average molecular weight is 212 g/mol. The number of benzene rings is 1. The van der Waals surface area contributed by atoms with Crippen molar-refractivity contribution in [2.24, 2.45) is 11.8 Å². The first-order chi connectivity index (χ1) is 7.72. The zero-order valence-electron chi connectivity index (χ0n) is 9.57. The Labute approximate surface area is 95.9 Å². The third-order valence-electron chi connectivity index (χ3n) is 5.31. The topological polar surface area (TPSA) is 17.1 Å². The van der Waals surface area contributed by atoms with Crippen LogP contribution in [0.25, 0.3) is 0 Å². The van der Waals surface area contributed by atoms with Crippen molar-refractivity contribution in [2.45, 2.75) is 37.5 Å². The summed E-state index contributed by atoms with van der Waals surface area (Å²) in [5.41, 5.74) is 2.65. The van der Waals surface area contributed by atoms with Crippen LogP contribution in [0.4, 0.5) is 0 Å². The maximum absolute atomic E-state index is 12.5. The highest BCUT2D eigenvalue weighted by atomic mass is 16.1. The summed E-state index contributed by atoms with van der Waals surface area (Å²) in [5, 5.41) is 0. The molecule has 2 bridgehead atoms. The van der Waals surface area contributed by atoms with Gasteiger partial charge in [0.25, 0.3) is 0 Å². The Morgan fingerprint density at radius 2 is 2.12 bits per heavy atom. The zero-order valence-corrected chi connectivity index (χ0v) is 9.57. The van der Waals surface area contributed by atoms with Gasteiger partial charge < -0.3 is 0 Å². The number of hydrogen-bond acceptors (Lipinski definition) is 1. The summed E-state index contributed by atoms with van der Waals surface area (Å²) in [6.45, 7) is 2.17. The fourth-order valence-electron chi connectivity index (χ4n) is 4.32. The molecule has 82 valence electrons. The van der Waals surface area contributed by atoms with Gasteiger partial charge in [0.15, 0.2) is 0 Å². The third-order valence-corrected chi connectivity index (χ3v) is 5.31. The molecule has 0 spiro atoms. The Bertz CT molecular complexity index is 490. The summed E-state index contributed by atoms with van der Waals surface area (Å²) >= 11 is 0. The van der Waals surface area contributed by atoms with Gasteiger partial charge in [-0.05, 0) is 49.1 Å². The van der Waals surface area contributed by atoms with Crippen molar-refractivity contribution in [3.63, 3.8) is 0 Å². The molecule has 16 heavy (non-hydrogen) atoms. The molecule has 0 saturated heterocycles. The van der Waals surface area contributed by atoms with Crippen LogP contribution in [0.3, 0.4) is 0 Å². The van der Waals surface area contributed by atoms with Crippen LogP contribution in [0.2, 0.25) is 0 Å². The maximum atomic E-state index is 12.5. The van der Waals surface area contributed by atoms with E-state index >= 15 is 0 Å². The Hall–Kier alpha value is -1.11. The van der Waals surface area contributed by atoms with Crippen LogP contribution in [0.15, 0.2) is 24.3 Å². The molecule has 4 atom stereocenters. The van der Waals surface area contributed by atoms with E-state index in [1.165, 1.54) is 24.0 Å². The maximum Gasteiger partial charge on any atom is 0.147 e. The molecule has 3 aliphatic rings. The molecule has 1 nitrogen and oxygen atoms in total. The molecule has 1 heteroatoms. The van der Waals surface area contributed by atoms with Crippen molar-refractivity contribution in [3.05, 3.63) is 35.4 Å². The summed E-state index contributed by atoms with van der Waals surface area (Å²) in [6.07, 6.45) is 3.58. The average Bonchev–Trinajstić information content (AvgIpc) is 2.23. The standard InChI is InChI=1S/C15H16O/c1-15-7-6-9-8-11(13(9)14(15)16)10-4-2-3-5-12(10)15/h2-5,9,11,13H,6-8H2,1H3. The quantitative estimate of drug-likeness (QED) is 0.646. The Kier molecular flexibility index (Phi) is 1.45. The Morgan fingerprint density at radius 3 is 3.00 bits per heavy atom. The smallest absolute Gasteiger partial charge is 0.147 e. The second-order valence-corrected chi connectivity index (χ2v) is 5.95. The summed E-state index contributed by atoms with van der Waals surface area (Å²) in [4.78, 5) is 12.5. The predicted molar refractivity (Wildman–Crippen MR) is 62.4 cm³/mol. The predicted octanol–water partition coefficient (Wildman–Crippen LogP) is 3.04. The second kappa shape index (κ2) is 2.58. The number of carbonyl (C=O) groups is 1. The first-order valence-corrected chi connectivity index (χ1v) is 6.35. The summed E-state index contributed by atoms with van der Waals surface area (Å²) < 4.78 is 0. The van der Waals surface area contributed by atoms with E-state index in [0.29, 0.717) is 23.5 Å². The molecule has 1 aromatic rings. The lowest BCUT2D eigenvalue weighted by Gasteiger charge is -2.57. The minimum atomic E-state index is -0.158. The van der Waals surface area contributed by atoms with E-state index in [9.17, 15) is 4.79 Å². The molecule has 0 aromatic heterocycles. The lowest BCUT2D eigenvalue weighted by molar-refractivity contribution is -0.141. The highest BCUT2D eigenvalue weighted by Gasteiger charge is 2.59. The number of rotatable bonds is 0. The lowest BCUT2D eigenvalue weighted by Crippen LogP contribution is -2.57. The van der Waals surface area contributed by atoms with E-state index in [2.05, 4.69) is 31.2 Å². The van der Waals surface area contributed by atoms with Gasteiger partial charge >= 0.3 is 0 Å². The normalized spacial score (nSPS) is 43.6. The number of carbonyl (C=O) groups excluding carboxylic acids is 1. The van der Waals surface area contributed by atoms with E-state index < -0.39 is 0 Å². The first-order valence-electron chi connectivity index (χ1n) is 6.35.